The minimum atomic E-state index is -0.357. The van der Waals surface area contributed by atoms with Crippen molar-refractivity contribution >= 4 is 23.5 Å². The van der Waals surface area contributed by atoms with Crippen LogP contribution in [0.2, 0.25) is 0 Å². The summed E-state index contributed by atoms with van der Waals surface area (Å²) in [4.78, 5) is 26.5. The standard InChI is InChI=1S/C10H11N3O2S/c1-6(14)10-13-9(15)8-7(2-3-11-8)4-12(13)5-16-10/h2-3,10-11H,4-5H2,1H3. The number of aromatic nitrogens is 1. The fourth-order valence-electron chi connectivity index (χ4n) is 2.13. The number of thioether (sulfide) groups is 1. The molecule has 1 atom stereocenters. The van der Waals surface area contributed by atoms with Gasteiger partial charge in [0.05, 0.1) is 5.88 Å². The number of Topliss-reactive ketones (excluding diaryl/α,β-unsaturated/α-hetero) is 1. The van der Waals surface area contributed by atoms with Crippen molar-refractivity contribution < 1.29 is 9.59 Å². The lowest BCUT2D eigenvalue weighted by Gasteiger charge is -2.33. The van der Waals surface area contributed by atoms with Gasteiger partial charge in [0, 0.05) is 12.7 Å². The van der Waals surface area contributed by atoms with Gasteiger partial charge in [0.25, 0.3) is 5.91 Å². The van der Waals surface area contributed by atoms with Crippen molar-refractivity contribution in [3.63, 3.8) is 0 Å². The van der Waals surface area contributed by atoms with E-state index in [0.29, 0.717) is 18.1 Å². The zero-order valence-electron chi connectivity index (χ0n) is 8.77. The predicted molar refractivity (Wildman–Crippen MR) is 59.4 cm³/mol. The number of ketones is 1. The number of rotatable bonds is 1. The van der Waals surface area contributed by atoms with Gasteiger partial charge in [0.2, 0.25) is 0 Å². The highest BCUT2D eigenvalue weighted by Gasteiger charge is 2.43. The summed E-state index contributed by atoms with van der Waals surface area (Å²) in [5, 5.41) is 3.14. The van der Waals surface area contributed by atoms with E-state index >= 15 is 0 Å². The first-order valence-corrected chi connectivity index (χ1v) is 6.10. The third-order valence-electron chi connectivity index (χ3n) is 2.86. The summed E-state index contributed by atoms with van der Waals surface area (Å²) in [7, 11) is 0. The van der Waals surface area contributed by atoms with E-state index in [9.17, 15) is 9.59 Å². The van der Waals surface area contributed by atoms with E-state index in [2.05, 4.69) is 4.98 Å². The number of hydrogen-bond acceptors (Lipinski definition) is 4. The van der Waals surface area contributed by atoms with Crippen molar-refractivity contribution in [1.29, 1.82) is 0 Å². The van der Waals surface area contributed by atoms with Crippen molar-refractivity contribution in [3.05, 3.63) is 23.5 Å². The second-order valence-electron chi connectivity index (χ2n) is 3.95. The van der Waals surface area contributed by atoms with Gasteiger partial charge < -0.3 is 4.98 Å². The number of amides is 1. The number of carbonyl (C=O) groups is 2. The fourth-order valence-corrected chi connectivity index (χ4v) is 3.26. The van der Waals surface area contributed by atoms with E-state index in [1.54, 1.807) is 11.2 Å². The lowest BCUT2D eigenvalue weighted by Crippen LogP contribution is -2.50. The Kier molecular flexibility index (Phi) is 2.08. The first-order chi connectivity index (χ1) is 7.68. The summed E-state index contributed by atoms with van der Waals surface area (Å²) >= 11 is 1.50. The molecule has 0 saturated carbocycles. The van der Waals surface area contributed by atoms with Crippen LogP contribution in [0, 0.1) is 0 Å². The van der Waals surface area contributed by atoms with Crippen molar-refractivity contribution in [2.24, 2.45) is 0 Å². The first kappa shape index (κ1) is 9.92. The SMILES string of the molecule is CC(=O)C1SCN2Cc3cc[nH]c3C(=O)N12. The van der Waals surface area contributed by atoms with Crippen LogP contribution in [0.3, 0.4) is 0 Å². The average Bonchev–Trinajstić information content (AvgIpc) is 2.83. The lowest BCUT2D eigenvalue weighted by atomic mass is 10.2. The third kappa shape index (κ3) is 1.23. The minimum Gasteiger partial charge on any atom is -0.357 e. The van der Waals surface area contributed by atoms with Crippen LogP contribution >= 0.6 is 11.8 Å². The molecule has 0 bridgehead atoms. The fraction of sp³-hybridized carbons (Fsp3) is 0.400. The van der Waals surface area contributed by atoms with E-state index < -0.39 is 0 Å². The smallest absolute Gasteiger partial charge is 0.286 e. The molecule has 3 rings (SSSR count). The Morgan fingerprint density at radius 2 is 2.44 bits per heavy atom. The van der Waals surface area contributed by atoms with Crippen molar-refractivity contribution in [1.82, 2.24) is 15.0 Å². The molecule has 1 unspecified atom stereocenters. The molecule has 0 aliphatic carbocycles. The number of nitrogens with zero attached hydrogens (tertiary/aromatic N) is 2. The molecule has 1 fully saturated rings. The second kappa shape index (κ2) is 3.36. The topological polar surface area (TPSA) is 56.4 Å². The number of aromatic amines is 1. The summed E-state index contributed by atoms with van der Waals surface area (Å²) in [6.45, 7) is 2.22. The van der Waals surface area contributed by atoms with Crippen LogP contribution in [0.15, 0.2) is 12.3 Å². The number of fused-ring (bicyclic) bond motifs is 2. The van der Waals surface area contributed by atoms with Crippen LogP contribution in [0.4, 0.5) is 0 Å². The van der Waals surface area contributed by atoms with Gasteiger partial charge in [-0.05, 0) is 18.6 Å². The minimum absolute atomic E-state index is 0.0239. The first-order valence-electron chi connectivity index (χ1n) is 5.05. The maximum Gasteiger partial charge on any atom is 0.286 e. The number of hydrogen-bond donors (Lipinski definition) is 1. The second-order valence-corrected chi connectivity index (χ2v) is 4.99. The Morgan fingerprint density at radius 1 is 1.62 bits per heavy atom. The normalized spacial score (nSPS) is 24.4. The predicted octanol–water partition coefficient (Wildman–Crippen LogP) is 0.807. The zero-order valence-corrected chi connectivity index (χ0v) is 9.58. The zero-order chi connectivity index (χ0) is 11.3. The molecule has 0 spiro atoms. The number of hydrazine groups is 1. The van der Waals surface area contributed by atoms with E-state index in [1.807, 2.05) is 11.1 Å². The Balaban J connectivity index is 2.01. The Bertz CT molecular complexity index is 470. The van der Waals surface area contributed by atoms with Crippen molar-refractivity contribution in [2.45, 2.75) is 18.8 Å². The van der Waals surface area contributed by atoms with Crippen LogP contribution in [0.5, 0.6) is 0 Å². The van der Waals surface area contributed by atoms with Gasteiger partial charge in [-0.1, -0.05) is 0 Å². The molecular formula is C10H11N3O2S. The maximum atomic E-state index is 12.2. The molecular weight excluding hydrogens is 226 g/mol. The van der Waals surface area contributed by atoms with Crippen LogP contribution in [0.1, 0.15) is 23.0 Å². The van der Waals surface area contributed by atoms with Gasteiger partial charge >= 0.3 is 0 Å². The summed E-state index contributed by atoms with van der Waals surface area (Å²) in [6, 6.07) is 1.91. The molecule has 0 radical (unpaired) electrons. The van der Waals surface area contributed by atoms with Gasteiger partial charge in [0.1, 0.15) is 5.69 Å². The van der Waals surface area contributed by atoms with Crippen molar-refractivity contribution in [2.75, 3.05) is 5.88 Å². The van der Waals surface area contributed by atoms with Gasteiger partial charge in [-0.15, -0.1) is 11.8 Å². The van der Waals surface area contributed by atoms with Crippen LogP contribution in [0.25, 0.3) is 0 Å². The molecule has 1 aromatic heterocycles. The maximum absolute atomic E-state index is 12.2. The monoisotopic (exact) mass is 237 g/mol. The Hall–Kier alpha value is -1.27. The molecule has 1 saturated heterocycles. The molecule has 0 aromatic carbocycles. The van der Waals surface area contributed by atoms with Crippen molar-refractivity contribution in [3.8, 4) is 0 Å². The summed E-state index contributed by atoms with van der Waals surface area (Å²) in [5.41, 5.74) is 1.62. The molecule has 2 aliphatic rings. The van der Waals surface area contributed by atoms with Crippen LogP contribution in [-0.4, -0.2) is 37.9 Å². The average molecular weight is 237 g/mol. The molecule has 2 aliphatic heterocycles. The number of nitrogens with one attached hydrogen (secondary N) is 1. The lowest BCUT2D eigenvalue weighted by molar-refractivity contribution is -0.122. The molecule has 1 amide bonds. The highest BCUT2D eigenvalue weighted by molar-refractivity contribution is 8.00. The van der Waals surface area contributed by atoms with Gasteiger partial charge in [-0.3, -0.25) is 9.59 Å². The van der Waals surface area contributed by atoms with Gasteiger partial charge in [-0.2, -0.15) is 0 Å². The Morgan fingerprint density at radius 3 is 3.19 bits per heavy atom. The molecule has 16 heavy (non-hydrogen) atoms. The third-order valence-corrected chi connectivity index (χ3v) is 4.16. The van der Waals surface area contributed by atoms with E-state index in [-0.39, 0.29) is 17.1 Å². The molecule has 6 heteroatoms. The molecule has 1 N–H and O–H groups in total. The van der Waals surface area contributed by atoms with Crippen LogP contribution in [-0.2, 0) is 11.3 Å². The molecule has 3 heterocycles. The van der Waals surface area contributed by atoms with Gasteiger partial charge in [0.15, 0.2) is 11.2 Å². The van der Waals surface area contributed by atoms with Gasteiger partial charge in [-0.25, -0.2) is 10.0 Å². The summed E-state index contributed by atoms with van der Waals surface area (Å²) in [5.74, 6) is 0.618. The van der Waals surface area contributed by atoms with E-state index in [0.717, 1.165) is 5.56 Å². The summed E-state index contributed by atoms with van der Waals surface area (Å²) in [6.07, 6.45) is 1.77. The van der Waals surface area contributed by atoms with E-state index in [4.69, 9.17) is 0 Å². The van der Waals surface area contributed by atoms with Crippen LogP contribution < -0.4 is 0 Å². The number of H-pyrrole nitrogens is 1. The largest absolute Gasteiger partial charge is 0.357 e. The van der Waals surface area contributed by atoms with E-state index in [1.165, 1.54) is 18.7 Å². The highest BCUT2D eigenvalue weighted by atomic mass is 32.2. The number of carbonyl (C=O) groups excluding carboxylic acids is 2. The molecule has 1 aromatic rings. The molecule has 5 nitrogen and oxygen atoms in total. The quantitative estimate of drug-likeness (QED) is 0.785. The summed E-state index contributed by atoms with van der Waals surface area (Å²) < 4.78 is 0. The Labute approximate surface area is 96.8 Å². The highest BCUT2D eigenvalue weighted by Crippen LogP contribution is 2.34. The molecule has 84 valence electrons.